The van der Waals surface area contributed by atoms with Gasteiger partial charge < -0.3 is 10.2 Å². The number of fused-ring (bicyclic) bond motifs is 5. The highest BCUT2D eigenvalue weighted by atomic mass is 16.3. The summed E-state index contributed by atoms with van der Waals surface area (Å²) in [5, 5.41) is 23.8. The van der Waals surface area contributed by atoms with E-state index < -0.39 is 17.7 Å². The van der Waals surface area contributed by atoms with Crippen LogP contribution in [0.3, 0.4) is 0 Å². The molecule has 0 aromatic heterocycles. The Labute approximate surface area is 182 Å². The molecule has 4 aliphatic carbocycles. The van der Waals surface area contributed by atoms with Crippen LogP contribution in [0.25, 0.3) is 0 Å². The van der Waals surface area contributed by atoms with E-state index in [0.29, 0.717) is 30.1 Å². The summed E-state index contributed by atoms with van der Waals surface area (Å²) in [7, 11) is 0. The molecule has 4 aliphatic rings. The molecule has 0 radical (unpaired) electrons. The SMILES string of the molecule is CC(C)(O)CCCC[C@H]1CCC2C3=CC=C4C[C@@H](N=O)[C@@H](O)CC4(C)C3CC[C@@]21C. The van der Waals surface area contributed by atoms with Gasteiger partial charge >= 0.3 is 0 Å². The molecule has 2 N–H and O–H groups in total. The molecule has 0 bridgehead atoms. The van der Waals surface area contributed by atoms with Crippen LogP contribution in [0.2, 0.25) is 0 Å². The topological polar surface area (TPSA) is 69.9 Å². The average Bonchev–Trinajstić information content (AvgIpc) is 3.00. The number of unbranched alkanes of at least 4 members (excludes halogenated alkanes) is 1. The van der Waals surface area contributed by atoms with Crippen LogP contribution in [0, 0.1) is 33.5 Å². The summed E-state index contributed by atoms with van der Waals surface area (Å²) in [4.78, 5) is 11.2. The Kier molecular flexibility index (Phi) is 5.81. The van der Waals surface area contributed by atoms with Crippen LogP contribution in [-0.2, 0) is 0 Å². The van der Waals surface area contributed by atoms with Crippen molar-refractivity contribution in [2.45, 2.75) is 110 Å². The van der Waals surface area contributed by atoms with Crippen molar-refractivity contribution in [3.05, 3.63) is 28.2 Å². The van der Waals surface area contributed by atoms with Gasteiger partial charge in [-0.1, -0.05) is 55.2 Å². The lowest BCUT2D eigenvalue weighted by atomic mass is 9.50. The first-order valence-electron chi connectivity index (χ1n) is 12.2. The first-order chi connectivity index (χ1) is 14.1. The molecule has 0 aromatic rings. The molecule has 3 saturated carbocycles. The molecule has 3 fully saturated rings. The predicted molar refractivity (Wildman–Crippen MR) is 121 cm³/mol. The second-order valence-corrected chi connectivity index (χ2v) is 11.9. The smallest absolute Gasteiger partial charge is 0.121 e. The molecular weight excluding hydrogens is 374 g/mol. The number of rotatable bonds is 6. The van der Waals surface area contributed by atoms with E-state index in [-0.39, 0.29) is 5.41 Å². The molecule has 0 spiro atoms. The molecule has 3 unspecified atom stereocenters. The molecule has 0 aromatic carbocycles. The van der Waals surface area contributed by atoms with Crippen molar-refractivity contribution in [3.8, 4) is 0 Å². The van der Waals surface area contributed by atoms with Crippen molar-refractivity contribution >= 4 is 0 Å². The summed E-state index contributed by atoms with van der Waals surface area (Å²) in [6, 6.07) is -0.479. The summed E-state index contributed by atoms with van der Waals surface area (Å²) in [6.07, 6.45) is 14.9. The summed E-state index contributed by atoms with van der Waals surface area (Å²) in [6.45, 7) is 8.68. The van der Waals surface area contributed by atoms with Gasteiger partial charge in [0, 0.05) is 0 Å². The predicted octanol–water partition coefficient (Wildman–Crippen LogP) is 5.92. The van der Waals surface area contributed by atoms with Crippen molar-refractivity contribution in [1.82, 2.24) is 0 Å². The second-order valence-electron chi connectivity index (χ2n) is 11.9. The van der Waals surface area contributed by atoms with Crippen LogP contribution in [0.5, 0.6) is 0 Å². The van der Waals surface area contributed by atoms with Gasteiger partial charge in [-0.25, -0.2) is 0 Å². The number of aliphatic hydroxyl groups is 2. The number of nitroso groups, excluding NO2 is 1. The Morgan fingerprint density at radius 2 is 1.90 bits per heavy atom. The minimum Gasteiger partial charge on any atom is -0.391 e. The molecule has 4 heteroatoms. The van der Waals surface area contributed by atoms with Crippen LogP contribution in [0.15, 0.2) is 28.5 Å². The largest absolute Gasteiger partial charge is 0.391 e. The van der Waals surface area contributed by atoms with Crippen LogP contribution in [0.4, 0.5) is 0 Å². The Morgan fingerprint density at radius 1 is 1.13 bits per heavy atom. The van der Waals surface area contributed by atoms with E-state index >= 15 is 0 Å². The van der Waals surface area contributed by atoms with Gasteiger partial charge in [0.2, 0.25) is 0 Å². The number of allylic oxidation sites excluding steroid dienone is 3. The van der Waals surface area contributed by atoms with E-state index in [9.17, 15) is 15.1 Å². The van der Waals surface area contributed by atoms with E-state index in [1.165, 1.54) is 44.1 Å². The fourth-order valence-electron chi connectivity index (χ4n) is 7.67. The van der Waals surface area contributed by atoms with Crippen LogP contribution in [-0.4, -0.2) is 28.0 Å². The lowest BCUT2D eigenvalue weighted by Crippen LogP contribution is -2.49. The van der Waals surface area contributed by atoms with Crippen LogP contribution in [0.1, 0.15) is 91.9 Å². The number of hydrogen-bond donors (Lipinski definition) is 2. The van der Waals surface area contributed by atoms with Gasteiger partial charge in [-0.15, -0.1) is 0 Å². The average molecular weight is 416 g/mol. The minimum atomic E-state index is -0.607. The second kappa shape index (κ2) is 7.85. The lowest BCUT2D eigenvalue weighted by Gasteiger charge is -2.55. The van der Waals surface area contributed by atoms with Gasteiger partial charge in [-0.2, -0.15) is 4.91 Å². The maximum absolute atomic E-state index is 11.2. The van der Waals surface area contributed by atoms with Gasteiger partial charge in [0.15, 0.2) is 0 Å². The first-order valence-corrected chi connectivity index (χ1v) is 12.2. The molecule has 168 valence electrons. The third-order valence-electron chi connectivity index (χ3n) is 9.52. The van der Waals surface area contributed by atoms with E-state index in [0.717, 1.165) is 18.8 Å². The molecule has 4 nitrogen and oxygen atoms in total. The summed E-state index contributed by atoms with van der Waals surface area (Å²) < 4.78 is 0. The molecule has 0 amide bonds. The molecule has 7 atom stereocenters. The van der Waals surface area contributed by atoms with Gasteiger partial charge in [-0.3, -0.25) is 0 Å². The monoisotopic (exact) mass is 415 g/mol. The van der Waals surface area contributed by atoms with Crippen molar-refractivity contribution in [2.24, 2.45) is 33.8 Å². The minimum absolute atomic E-state index is 0.0170. The first kappa shape index (κ1) is 22.2. The fourth-order valence-corrected chi connectivity index (χ4v) is 7.67. The van der Waals surface area contributed by atoms with Gasteiger partial charge in [-0.05, 0) is 93.8 Å². The van der Waals surface area contributed by atoms with Crippen LogP contribution < -0.4 is 0 Å². The van der Waals surface area contributed by atoms with E-state index in [2.05, 4.69) is 31.2 Å². The molecular formula is C26H41NO3. The zero-order valence-corrected chi connectivity index (χ0v) is 19.4. The molecule has 30 heavy (non-hydrogen) atoms. The Bertz CT molecular complexity index is 735. The highest BCUT2D eigenvalue weighted by Crippen LogP contribution is 2.65. The number of hydrogen-bond acceptors (Lipinski definition) is 4. The highest BCUT2D eigenvalue weighted by Gasteiger charge is 2.57. The van der Waals surface area contributed by atoms with Gasteiger partial charge in [0.05, 0.1) is 11.7 Å². The maximum Gasteiger partial charge on any atom is 0.121 e. The third-order valence-corrected chi connectivity index (χ3v) is 9.52. The third kappa shape index (κ3) is 3.72. The van der Waals surface area contributed by atoms with E-state index in [1.807, 2.05) is 13.8 Å². The normalized spacial score (nSPS) is 43.2. The molecule has 0 heterocycles. The Balaban J connectivity index is 1.49. The van der Waals surface area contributed by atoms with E-state index in [4.69, 9.17) is 0 Å². The molecule has 4 rings (SSSR count). The quantitative estimate of drug-likeness (QED) is 0.418. The summed E-state index contributed by atoms with van der Waals surface area (Å²) in [5.41, 5.74) is 2.78. The lowest BCUT2D eigenvalue weighted by molar-refractivity contribution is 0.0186. The van der Waals surface area contributed by atoms with E-state index in [1.54, 1.807) is 5.57 Å². The summed E-state index contributed by atoms with van der Waals surface area (Å²) in [5.74, 6) is 1.95. The van der Waals surface area contributed by atoms with Crippen molar-refractivity contribution in [1.29, 1.82) is 0 Å². The molecule has 0 saturated heterocycles. The van der Waals surface area contributed by atoms with Gasteiger partial charge in [0.25, 0.3) is 0 Å². The maximum atomic E-state index is 11.2. The fraction of sp³-hybridized carbons (Fsp3) is 0.846. The van der Waals surface area contributed by atoms with Crippen molar-refractivity contribution in [3.63, 3.8) is 0 Å². The van der Waals surface area contributed by atoms with Crippen LogP contribution >= 0.6 is 0 Å². The van der Waals surface area contributed by atoms with Crippen molar-refractivity contribution < 1.29 is 10.2 Å². The standard InChI is InChI=1S/C26H41NO3/c1-24(2,29)13-6-5-7-17-9-11-20-19-10-8-18-15-22(27-30)23(28)16-26(18,4)21(19)12-14-25(17,20)3/h8,10,17,20-23,28-29H,5-7,9,11-16H2,1-4H3/t17-,20?,21?,22+,23-,25+,26?/m0/s1. The Morgan fingerprint density at radius 3 is 2.60 bits per heavy atom. The Hall–Kier alpha value is -1.00. The van der Waals surface area contributed by atoms with Gasteiger partial charge in [0.1, 0.15) is 6.04 Å². The van der Waals surface area contributed by atoms with Crippen molar-refractivity contribution in [2.75, 3.05) is 0 Å². The number of aliphatic hydroxyl groups excluding tert-OH is 1. The number of nitrogens with zero attached hydrogens (tertiary/aromatic N) is 1. The molecule has 0 aliphatic heterocycles. The zero-order chi connectivity index (χ0) is 21.7. The highest BCUT2D eigenvalue weighted by molar-refractivity contribution is 5.39. The zero-order valence-electron chi connectivity index (χ0n) is 19.4. The summed E-state index contributed by atoms with van der Waals surface area (Å²) >= 11 is 0.